The Labute approximate surface area is 265 Å². The van der Waals surface area contributed by atoms with Crippen molar-refractivity contribution in [3.05, 3.63) is 106 Å². The number of aliphatic hydroxyl groups excluding tert-OH is 2. The Morgan fingerprint density at radius 3 is 2.60 bits per heavy atom. The number of halogens is 1. The highest BCUT2D eigenvalue weighted by Gasteiger charge is 2.24. The molecule has 45 heavy (non-hydrogen) atoms. The molecule has 0 spiro atoms. The zero-order chi connectivity index (χ0) is 31.3. The molecule has 0 bridgehead atoms. The molecule has 1 saturated heterocycles. The van der Waals surface area contributed by atoms with Crippen molar-refractivity contribution in [2.75, 3.05) is 26.2 Å². The highest BCUT2D eigenvalue weighted by Crippen LogP contribution is 2.34. The summed E-state index contributed by atoms with van der Waals surface area (Å²) in [5.41, 5.74) is 5.84. The molecule has 4 heterocycles. The summed E-state index contributed by atoms with van der Waals surface area (Å²) in [4.78, 5) is 33.4. The van der Waals surface area contributed by atoms with Gasteiger partial charge in [0.25, 0.3) is 5.56 Å². The molecule has 2 aliphatic rings. The number of amides is 1. The minimum Gasteiger partial charge on any atom is -0.395 e. The number of aliphatic imine (C=N–C) groups is 1. The number of pyridine rings is 1. The van der Waals surface area contributed by atoms with E-state index < -0.39 is 6.23 Å². The van der Waals surface area contributed by atoms with Crippen LogP contribution in [0.5, 0.6) is 0 Å². The molecule has 2 aliphatic heterocycles. The van der Waals surface area contributed by atoms with Gasteiger partial charge in [0, 0.05) is 73.6 Å². The second kappa shape index (κ2) is 13.8. The van der Waals surface area contributed by atoms with Gasteiger partial charge in [0.2, 0.25) is 5.91 Å². The predicted octanol–water partition coefficient (Wildman–Crippen LogP) is 2.93. The number of rotatable bonds is 11. The zero-order valence-corrected chi connectivity index (χ0v) is 25.4. The van der Waals surface area contributed by atoms with Crippen LogP contribution in [0, 0.1) is 5.92 Å². The van der Waals surface area contributed by atoms with Crippen molar-refractivity contribution in [3.63, 3.8) is 0 Å². The Kier molecular flexibility index (Phi) is 9.48. The molecule has 1 amide bonds. The maximum atomic E-state index is 12.9. The van der Waals surface area contributed by atoms with Gasteiger partial charge in [0.05, 0.1) is 17.3 Å². The number of nitrogens with one attached hydrogen (secondary N) is 3. The summed E-state index contributed by atoms with van der Waals surface area (Å²) in [6.45, 7) is 1.94. The minimum absolute atomic E-state index is 0.00163. The number of hydrogen-bond acceptors (Lipinski definition) is 8. The number of allylic oxidation sites excluding steroid dienone is 1. The van der Waals surface area contributed by atoms with Crippen molar-refractivity contribution >= 4 is 28.9 Å². The Morgan fingerprint density at radius 1 is 1.00 bits per heavy atom. The summed E-state index contributed by atoms with van der Waals surface area (Å²) < 4.78 is 1.52. The van der Waals surface area contributed by atoms with Gasteiger partial charge in [-0.15, -0.1) is 0 Å². The van der Waals surface area contributed by atoms with E-state index in [0.29, 0.717) is 54.5 Å². The molecule has 0 saturated carbocycles. The monoisotopic (exact) mass is 626 g/mol. The molecular weight excluding hydrogens is 592 g/mol. The first-order valence-corrected chi connectivity index (χ1v) is 15.4. The van der Waals surface area contributed by atoms with Crippen LogP contribution in [0.2, 0.25) is 5.02 Å². The maximum absolute atomic E-state index is 12.9. The largest absolute Gasteiger partial charge is 0.395 e. The molecule has 6 rings (SSSR count). The number of nitrogens with zero attached hydrogens (tertiary/aromatic N) is 3. The van der Waals surface area contributed by atoms with Crippen LogP contribution in [0.1, 0.15) is 24.0 Å². The maximum Gasteiger partial charge on any atom is 0.262 e. The van der Waals surface area contributed by atoms with Crippen LogP contribution in [-0.4, -0.2) is 69.7 Å². The van der Waals surface area contributed by atoms with Crippen LogP contribution in [0.25, 0.3) is 27.9 Å². The van der Waals surface area contributed by atoms with Crippen molar-refractivity contribution < 1.29 is 15.0 Å². The summed E-state index contributed by atoms with van der Waals surface area (Å²) >= 11 is 6.97. The number of dihydropyridines is 1. The molecule has 0 aliphatic carbocycles. The van der Waals surface area contributed by atoms with Crippen molar-refractivity contribution in [3.8, 4) is 22.3 Å². The third-order valence-electron chi connectivity index (χ3n) is 8.18. The van der Waals surface area contributed by atoms with Gasteiger partial charge < -0.3 is 26.2 Å². The summed E-state index contributed by atoms with van der Waals surface area (Å²) in [6.07, 6.45) is 7.61. The van der Waals surface area contributed by atoms with Crippen LogP contribution in [0.4, 0.5) is 0 Å². The van der Waals surface area contributed by atoms with E-state index in [0.717, 1.165) is 34.2 Å². The summed E-state index contributed by atoms with van der Waals surface area (Å²) in [5, 5.41) is 29.6. The molecule has 2 aromatic carbocycles. The lowest BCUT2D eigenvalue weighted by atomic mass is 9.95. The van der Waals surface area contributed by atoms with Crippen molar-refractivity contribution in [2.45, 2.75) is 31.7 Å². The average Bonchev–Trinajstić information content (AvgIpc) is 3.47. The highest BCUT2D eigenvalue weighted by atomic mass is 35.5. The first-order chi connectivity index (χ1) is 21.9. The molecule has 3 atom stereocenters. The molecule has 0 radical (unpaired) electrons. The van der Waals surface area contributed by atoms with Crippen LogP contribution in [-0.2, 0) is 11.3 Å². The fourth-order valence-corrected chi connectivity index (χ4v) is 6.05. The van der Waals surface area contributed by atoms with E-state index in [1.807, 2.05) is 66.7 Å². The van der Waals surface area contributed by atoms with Crippen LogP contribution >= 0.6 is 11.6 Å². The van der Waals surface area contributed by atoms with E-state index in [2.05, 4.69) is 25.9 Å². The third kappa shape index (κ3) is 6.90. The van der Waals surface area contributed by atoms with Gasteiger partial charge in [-0.25, -0.2) is 4.98 Å². The fraction of sp³-hybridized carbons (Fsp3) is 0.294. The second-order valence-electron chi connectivity index (χ2n) is 11.3. The van der Waals surface area contributed by atoms with Crippen LogP contribution in [0.3, 0.4) is 0 Å². The lowest BCUT2D eigenvalue weighted by Gasteiger charge is -2.23. The number of aliphatic hydroxyl groups is 2. The van der Waals surface area contributed by atoms with E-state index in [1.54, 1.807) is 12.4 Å². The van der Waals surface area contributed by atoms with E-state index in [-0.39, 0.29) is 30.0 Å². The normalized spacial score (nSPS) is 19.6. The van der Waals surface area contributed by atoms with Crippen molar-refractivity contribution in [1.29, 1.82) is 0 Å². The van der Waals surface area contributed by atoms with Gasteiger partial charge in [-0.3, -0.25) is 19.0 Å². The Balaban J connectivity index is 1.19. The van der Waals surface area contributed by atoms with E-state index in [4.69, 9.17) is 16.7 Å². The van der Waals surface area contributed by atoms with Crippen LogP contribution < -0.4 is 21.5 Å². The van der Waals surface area contributed by atoms with Gasteiger partial charge in [0.15, 0.2) is 6.23 Å². The van der Waals surface area contributed by atoms with Gasteiger partial charge in [0.1, 0.15) is 5.65 Å². The van der Waals surface area contributed by atoms with Gasteiger partial charge in [-0.2, -0.15) is 0 Å². The Hall–Kier alpha value is -4.19. The van der Waals surface area contributed by atoms with Gasteiger partial charge in [-0.1, -0.05) is 54.1 Å². The quantitative estimate of drug-likeness (QED) is 0.161. The smallest absolute Gasteiger partial charge is 0.262 e. The zero-order valence-electron chi connectivity index (χ0n) is 24.6. The molecule has 2 unspecified atom stereocenters. The molecule has 11 heteroatoms. The van der Waals surface area contributed by atoms with E-state index in [1.165, 1.54) is 4.40 Å². The van der Waals surface area contributed by atoms with Gasteiger partial charge in [-0.05, 0) is 47.4 Å². The topological polar surface area (TPSA) is 140 Å². The second-order valence-corrected chi connectivity index (χ2v) is 11.7. The first kappa shape index (κ1) is 30.8. The number of carbonyl (C=O) groups is 1. The number of fused-ring (bicyclic) bond motifs is 1. The number of benzene rings is 2. The average molecular weight is 627 g/mol. The molecule has 1 fully saturated rings. The lowest BCUT2D eigenvalue weighted by molar-refractivity contribution is -0.119. The summed E-state index contributed by atoms with van der Waals surface area (Å²) in [5.74, 6) is -0.103. The molecule has 10 nitrogen and oxygen atoms in total. The summed E-state index contributed by atoms with van der Waals surface area (Å²) in [6, 6.07) is 17.7. The first-order valence-electron chi connectivity index (χ1n) is 15.1. The highest BCUT2D eigenvalue weighted by molar-refractivity contribution is 6.37. The standard InChI is InChI=1S/C34H35ClN6O4/c35-32-27(5-2-6-28(32)29-9-7-24(33(44)40-29)17-37-20-26-8-10-31(43)39-26)23-4-1-3-21(15-23)22-11-13-41-30(16-22)38-19-25(34(41)45)18-36-12-14-42/h1-7,9,11,13,15-16,19,24,26,33,36-37,42,44H,8,10,12,14,17-18,20H2,(H,39,43)/t24?,26-,33?/m0/s1. The molecule has 232 valence electrons. The fourth-order valence-electron chi connectivity index (χ4n) is 5.72. The Morgan fingerprint density at radius 2 is 1.80 bits per heavy atom. The third-order valence-corrected chi connectivity index (χ3v) is 8.58. The molecule has 4 aromatic rings. The minimum atomic E-state index is -0.916. The Bertz CT molecular complexity index is 1840. The SMILES string of the molecule is O=C1CC[C@@H](CNCC2C=CC(c3cccc(-c4cccc(-c5ccn6c(=O)c(CNCCO)cnc6c5)c4)c3Cl)=NC2O)N1. The van der Waals surface area contributed by atoms with E-state index >= 15 is 0 Å². The van der Waals surface area contributed by atoms with Crippen molar-refractivity contribution in [1.82, 2.24) is 25.3 Å². The van der Waals surface area contributed by atoms with E-state index in [9.17, 15) is 14.7 Å². The number of hydrogen-bond donors (Lipinski definition) is 5. The molecular formula is C34H35ClN6O4. The lowest BCUT2D eigenvalue weighted by Crippen LogP contribution is -2.39. The van der Waals surface area contributed by atoms with Gasteiger partial charge >= 0.3 is 0 Å². The predicted molar refractivity (Wildman–Crippen MR) is 175 cm³/mol. The number of carbonyl (C=O) groups excluding carboxylic acids is 1. The molecule has 2 aromatic heterocycles. The van der Waals surface area contributed by atoms with Crippen LogP contribution in [0.15, 0.2) is 88.9 Å². The number of aromatic nitrogens is 2. The molecule has 5 N–H and O–H groups in total. The summed E-state index contributed by atoms with van der Waals surface area (Å²) in [7, 11) is 0. The van der Waals surface area contributed by atoms with Crippen molar-refractivity contribution in [2.24, 2.45) is 10.9 Å².